The minimum absolute atomic E-state index is 0.0292. The Morgan fingerprint density at radius 1 is 1.36 bits per heavy atom. The summed E-state index contributed by atoms with van der Waals surface area (Å²) in [6.45, 7) is 1.44. The lowest BCUT2D eigenvalue weighted by molar-refractivity contribution is 0.0351. The van der Waals surface area contributed by atoms with E-state index in [1.165, 1.54) is 0 Å². The third kappa shape index (κ3) is 2.87. The maximum Gasteiger partial charge on any atom is 0.257 e. The summed E-state index contributed by atoms with van der Waals surface area (Å²) in [4.78, 5) is 18.8. The molecule has 2 aromatic heterocycles. The van der Waals surface area contributed by atoms with E-state index in [1.54, 1.807) is 30.4 Å². The van der Waals surface area contributed by atoms with Gasteiger partial charge in [-0.3, -0.25) is 14.5 Å². The van der Waals surface area contributed by atoms with Gasteiger partial charge in [-0.2, -0.15) is 5.10 Å². The van der Waals surface area contributed by atoms with Gasteiger partial charge in [-0.15, -0.1) is 0 Å². The van der Waals surface area contributed by atoms with Gasteiger partial charge in [0, 0.05) is 51.4 Å². The summed E-state index contributed by atoms with van der Waals surface area (Å²) < 4.78 is 7.04. The second-order valence-electron chi connectivity index (χ2n) is 5.53. The number of aryl methyl sites for hydroxylation is 1. The number of likely N-dealkylation sites (tertiary alicyclic amines) is 1. The van der Waals surface area contributed by atoms with Crippen molar-refractivity contribution in [1.29, 1.82) is 0 Å². The van der Waals surface area contributed by atoms with Crippen molar-refractivity contribution in [3.05, 3.63) is 36.3 Å². The van der Waals surface area contributed by atoms with Gasteiger partial charge in [-0.25, -0.2) is 0 Å². The first kappa shape index (κ1) is 14.7. The largest absolute Gasteiger partial charge is 0.381 e. The van der Waals surface area contributed by atoms with Gasteiger partial charge in [0.15, 0.2) is 0 Å². The Kier molecular flexibility index (Phi) is 4.20. The number of methoxy groups -OCH3 is 1. The lowest BCUT2D eigenvalue weighted by atomic mass is 10.1. The number of aromatic nitrogens is 3. The highest BCUT2D eigenvalue weighted by molar-refractivity contribution is 5.99. The van der Waals surface area contributed by atoms with Crippen molar-refractivity contribution < 1.29 is 9.53 Å². The molecule has 22 heavy (non-hydrogen) atoms. The second kappa shape index (κ2) is 6.27. The monoisotopic (exact) mass is 300 g/mol. The number of amides is 1. The van der Waals surface area contributed by atoms with Gasteiger partial charge in [0.2, 0.25) is 0 Å². The standard InChI is InChI=1S/C16H20N4O2/c1-19-11-14(15(18-19)12-4-3-7-17-10-12)16(21)20-8-5-13(22-2)6-9-20/h3-4,7,10-11,13H,5-6,8-9H2,1-2H3. The average Bonchev–Trinajstić information content (AvgIpc) is 2.97. The van der Waals surface area contributed by atoms with Crippen molar-refractivity contribution in [3.8, 4) is 11.3 Å². The Hall–Kier alpha value is -2.21. The molecule has 1 fully saturated rings. The molecule has 0 saturated carbocycles. The van der Waals surface area contributed by atoms with Gasteiger partial charge in [0.1, 0.15) is 5.69 Å². The molecular formula is C16H20N4O2. The van der Waals surface area contributed by atoms with E-state index in [0.717, 1.165) is 31.5 Å². The molecular weight excluding hydrogens is 280 g/mol. The molecule has 1 amide bonds. The molecule has 6 nitrogen and oxygen atoms in total. The van der Waals surface area contributed by atoms with Gasteiger partial charge in [0.05, 0.1) is 11.7 Å². The summed E-state index contributed by atoms with van der Waals surface area (Å²) in [7, 11) is 3.55. The Morgan fingerprint density at radius 3 is 2.77 bits per heavy atom. The fourth-order valence-corrected chi connectivity index (χ4v) is 2.83. The van der Waals surface area contributed by atoms with Crippen molar-refractivity contribution in [2.45, 2.75) is 18.9 Å². The molecule has 3 rings (SSSR count). The van der Waals surface area contributed by atoms with E-state index in [2.05, 4.69) is 10.1 Å². The Bertz CT molecular complexity index is 645. The molecule has 3 heterocycles. The first-order chi connectivity index (χ1) is 10.7. The number of hydrogen-bond acceptors (Lipinski definition) is 4. The van der Waals surface area contributed by atoms with Crippen LogP contribution in [0.25, 0.3) is 11.3 Å². The predicted molar refractivity (Wildman–Crippen MR) is 82.4 cm³/mol. The van der Waals surface area contributed by atoms with Crippen LogP contribution >= 0.6 is 0 Å². The second-order valence-corrected chi connectivity index (χ2v) is 5.53. The molecule has 0 radical (unpaired) electrons. The van der Waals surface area contributed by atoms with Gasteiger partial charge in [-0.1, -0.05) is 0 Å². The first-order valence-corrected chi connectivity index (χ1v) is 7.45. The van der Waals surface area contributed by atoms with Crippen LogP contribution in [0.4, 0.5) is 0 Å². The van der Waals surface area contributed by atoms with Gasteiger partial charge in [-0.05, 0) is 25.0 Å². The van der Waals surface area contributed by atoms with E-state index >= 15 is 0 Å². The van der Waals surface area contributed by atoms with E-state index in [9.17, 15) is 4.79 Å². The van der Waals surface area contributed by atoms with Crippen LogP contribution in [0.1, 0.15) is 23.2 Å². The van der Waals surface area contributed by atoms with Crippen molar-refractivity contribution >= 4 is 5.91 Å². The third-order valence-corrected chi connectivity index (χ3v) is 4.06. The average molecular weight is 300 g/mol. The van der Waals surface area contributed by atoms with Crippen molar-refractivity contribution in [3.63, 3.8) is 0 Å². The van der Waals surface area contributed by atoms with Gasteiger partial charge in [0.25, 0.3) is 5.91 Å². The normalized spacial score (nSPS) is 16.0. The molecule has 0 aromatic carbocycles. The quantitative estimate of drug-likeness (QED) is 0.866. The third-order valence-electron chi connectivity index (χ3n) is 4.06. The van der Waals surface area contributed by atoms with Crippen LogP contribution < -0.4 is 0 Å². The summed E-state index contributed by atoms with van der Waals surface area (Å²) in [5, 5.41) is 4.43. The summed E-state index contributed by atoms with van der Waals surface area (Å²) in [5.41, 5.74) is 2.18. The summed E-state index contributed by atoms with van der Waals surface area (Å²) in [5.74, 6) is 0.0292. The molecule has 1 aliphatic heterocycles. The molecule has 0 bridgehead atoms. The molecule has 0 atom stereocenters. The Labute approximate surface area is 129 Å². The minimum atomic E-state index is 0.0292. The fourth-order valence-electron chi connectivity index (χ4n) is 2.83. The van der Waals surface area contributed by atoms with E-state index < -0.39 is 0 Å². The minimum Gasteiger partial charge on any atom is -0.381 e. The maximum atomic E-state index is 12.8. The van der Waals surface area contributed by atoms with Crippen LogP contribution in [-0.4, -0.2) is 51.9 Å². The maximum absolute atomic E-state index is 12.8. The van der Waals surface area contributed by atoms with Crippen LogP contribution in [0.5, 0.6) is 0 Å². The van der Waals surface area contributed by atoms with E-state index in [-0.39, 0.29) is 12.0 Å². The highest BCUT2D eigenvalue weighted by atomic mass is 16.5. The Morgan fingerprint density at radius 2 is 2.14 bits per heavy atom. The number of rotatable bonds is 3. The molecule has 0 aliphatic carbocycles. The van der Waals surface area contributed by atoms with E-state index in [0.29, 0.717) is 11.3 Å². The highest BCUT2D eigenvalue weighted by Crippen LogP contribution is 2.24. The number of piperidine rings is 1. The topological polar surface area (TPSA) is 60.2 Å². The zero-order chi connectivity index (χ0) is 15.5. The SMILES string of the molecule is COC1CCN(C(=O)c2cn(C)nc2-c2cccnc2)CC1. The van der Waals surface area contributed by atoms with Crippen LogP contribution in [-0.2, 0) is 11.8 Å². The van der Waals surface area contributed by atoms with Crippen LogP contribution in [0.15, 0.2) is 30.7 Å². The number of hydrogen-bond donors (Lipinski definition) is 0. The lowest BCUT2D eigenvalue weighted by Crippen LogP contribution is -2.40. The summed E-state index contributed by atoms with van der Waals surface area (Å²) >= 11 is 0. The number of nitrogens with zero attached hydrogens (tertiary/aromatic N) is 4. The van der Waals surface area contributed by atoms with Crippen LogP contribution in [0.2, 0.25) is 0 Å². The smallest absolute Gasteiger partial charge is 0.257 e. The van der Waals surface area contributed by atoms with Crippen molar-refractivity contribution in [2.75, 3.05) is 20.2 Å². The Balaban J connectivity index is 1.85. The van der Waals surface area contributed by atoms with Crippen molar-refractivity contribution in [1.82, 2.24) is 19.7 Å². The van der Waals surface area contributed by atoms with Gasteiger partial charge < -0.3 is 9.64 Å². The molecule has 2 aromatic rings. The molecule has 1 aliphatic rings. The number of pyridine rings is 1. The molecule has 0 unspecified atom stereocenters. The van der Waals surface area contributed by atoms with E-state index in [1.807, 2.05) is 24.1 Å². The van der Waals surface area contributed by atoms with Crippen LogP contribution in [0.3, 0.4) is 0 Å². The molecule has 116 valence electrons. The highest BCUT2D eigenvalue weighted by Gasteiger charge is 2.26. The fraction of sp³-hybridized carbons (Fsp3) is 0.438. The summed E-state index contributed by atoms with van der Waals surface area (Å²) in [6.07, 6.45) is 7.25. The first-order valence-electron chi connectivity index (χ1n) is 7.45. The number of carbonyl (C=O) groups excluding carboxylic acids is 1. The number of ether oxygens (including phenoxy) is 1. The molecule has 6 heteroatoms. The lowest BCUT2D eigenvalue weighted by Gasteiger charge is -2.31. The zero-order valence-corrected chi connectivity index (χ0v) is 12.9. The van der Waals surface area contributed by atoms with Gasteiger partial charge >= 0.3 is 0 Å². The molecule has 0 spiro atoms. The van der Waals surface area contributed by atoms with Crippen LogP contribution in [0, 0.1) is 0 Å². The molecule has 1 saturated heterocycles. The summed E-state index contributed by atoms with van der Waals surface area (Å²) in [6, 6.07) is 3.77. The van der Waals surface area contributed by atoms with Crippen molar-refractivity contribution in [2.24, 2.45) is 7.05 Å². The zero-order valence-electron chi connectivity index (χ0n) is 12.9. The van der Waals surface area contributed by atoms with E-state index in [4.69, 9.17) is 4.74 Å². The molecule has 0 N–H and O–H groups in total. The number of carbonyl (C=O) groups is 1. The predicted octanol–water partition coefficient (Wildman–Crippen LogP) is 1.73.